The van der Waals surface area contributed by atoms with E-state index in [1.807, 2.05) is 45.0 Å². The molecule has 5 heteroatoms. The van der Waals surface area contributed by atoms with Crippen molar-refractivity contribution < 1.29 is 19.0 Å². The lowest BCUT2D eigenvalue weighted by Gasteiger charge is -2.19. The largest absolute Gasteiger partial charge is 0.491 e. The van der Waals surface area contributed by atoms with E-state index in [-0.39, 0.29) is 12.6 Å². The third kappa shape index (κ3) is 7.85. The minimum Gasteiger partial charge on any atom is -0.491 e. The first-order valence-electron chi connectivity index (χ1n) is 6.05. The molecule has 1 rings (SSSR count). The van der Waals surface area contributed by atoms with Crippen molar-refractivity contribution in [3.63, 3.8) is 0 Å². The Balaban J connectivity index is 2.11. The molecule has 0 fully saturated rings. The third-order valence-corrected chi connectivity index (χ3v) is 2.48. The average Bonchev–Trinajstić information content (AvgIpc) is 2.29. The predicted molar refractivity (Wildman–Crippen MR) is 76.3 cm³/mol. The fourth-order valence-electron chi connectivity index (χ4n) is 1.28. The number of benzene rings is 1. The first kappa shape index (κ1) is 16.0. The summed E-state index contributed by atoms with van der Waals surface area (Å²) in [5, 5.41) is 0. The number of ether oxygens (including phenoxy) is 3. The van der Waals surface area contributed by atoms with Crippen LogP contribution in [-0.2, 0) is 14.3 Å². The number of rotatable bonds is 6. The molecule has 0 radical (unpaired) electrons. The standard InChI is InChI=1S/C14H19BrO4/c1-14(2,3)19-13(16)10-17-8-9-18-12-6-4-11(15)5-7-12/h4-7H,8-10H2,1-3H3. The fourth-order valence-corrected chi connectivity index (χ4v) is 1.54. The maximum absolute atomic E-state index is 11.3. The normalized spacial score (nSPS) is 11.2. The Morgan fingerprint density at radius 1 is 1.16 bits per heavy atom. The van der Waals surface area contributed by atoms with Gasteiger partial charge in [0, 0.05) is 4.47 Å². The van der Waals surface area contributed by atoms with E-state index < -0.39 is 5.60 Å². The molecule has 0 saturated heterocycles. The van der Waals surface area contributed by atoms with Gasteiger partial charge < -0.3 is 14.2 Å². The Labute approximate surface area is 122 Å². The van der Waals surface area contributed by atoms with Crippen LogP contribution in [0.2, 0.25) is 0 Å². The van der Waals surface area contributed by atoms with Crippen LogP contribution in [0.25, 0.3) is 0 Å². The van der Waals surface area contributed by atoms with Crippen molar-refractivity contribution in [1.29, 1.82) is 0 Å². The van der Waals surface area contributed by atoms with Crippen LogP contribution in [-0.4, -0.2) is 31.4 Å². The molecule has 0 aromatic heterocycles. The minimum absolute atomic E-state index is 0.0546. The second kappa shape index (κ2) is 7.50. The van der Waals surface area contributed by atoms with Gasteiger partial charge in [-0.25, -0.2) is 4.79 Å². The molecule has 0 amide bonds. The molecule has 0 heterocycles. The van der Waals surface area contributed by atoms with Gasteiger partial charge in [0.2, 0.25) is 0 Å². The SMILES string of the molecule is CC(C)(C)OC(=O)COCCOc1ccc(Br)cc1. The summed E-state index contributed by atoms with van der Waals surface area (Å²) in [5.74, 6) is 0.403. The Kier molecular flexibility index (Phi) is 6.31. The predicted octanol–water partition coefficient (Wildman–Crippen LogP) is 3.19. The van der Waals surface area contributed by atoms with Crippen LogP contribution in [0.3, 0.4) is 0 Å². The van der Waals surface area contributed by atoms with E-state index in [4.69, 9.17) is 14.2 Å². The van der Waals surface area contributed by atoms with Gasteiger partial charge in [-0.2, -0.15) is 0 Å². The molecule has 0 aliphatic rings. The summed E-state index contributed by atoms with van der Waals surface area (Å²) < 4.78 is 16.7. The van der Waals surface area contributed by atoms with Gasteiger partial charge in [-0.15, -0.1) is 0 Å². The van der Waals surface area contributed by atoms with E-state index in [0.717, 1.165) is 10.2 Å². The van der Waals surface area contributed by atoms with Gasteiger partial charge in [-0.3, -0.25) is 0 Å². The minimum atomic E-state index is -0.478. The van der Waals surface area contributed by atoms with Crippen LogP contribution >= 0.6 is 15.9 Å². The van der Waals surface area contributed by atoms with Gasteiger partial charge in [-0.1, -0.05) is 15.9 Å². The first-order chi connectivity index (χ1) is 8.87. The molecular weight excluding hydrogens is 312 g/mol. The van der Waals surface area contributed by atoms with Crippen LogP contribution in [0.5, 0.6) is 5.75 Å². The zero-order chi connectivity index (χ0) is 14.3. The van der Waals surface area contributed by atoms with E-state index in [2.05, 4.69) is 15.9 Å². The summed E-state index contributed by atoms with van der Waals surface area (Å²) in [6.45, 7) is 6.14. The maximum Gasteiger partial charge on any atom is 0.332 e. The number of hydrogen-bond donors (Lipinski definition) is 0. The van der Waals surface area contributed by atoms with Crippen molar-refractivity contribution in [2.75, 3.05) is 19.8 Å². The number of carbonyl (C=O) groups is 1. The van der Waals surface area contributed by atoms with Gasteiger partial charge in [0.05, 0.1) is 6.61 Å². The molecule has 106 valence electrons. The van der Waals surface area contributed by atoms with Crippen molar-refractivity contribution in [3.05, 3.63) is 28.7 Å². The van der Waals surface area contributed by atoms with Crippen molar-refractivity contribution >= 4 is 21.9 Å². The van der Waals surface area contributed by atoms with Crippen LogP contribution in [0.4, 0.5) is 0 Å². The molecule has 0 atom stereocenters. The van der Waals surface area contributed by atoms with Gasteiger partial charge >= 0.3 is 5.97 Å². The van der Waals surface area contributed by atoms with Crippen LogP contribution in [0.15, 0.2) is 28.7 Å². The summed E-state index contributed by atoms with van der Waals surface area (Å²) in [7, 11) is 0. The second-order valence-electron chi connectivity index (χ2n) is 4.94. The fraction of sp³-hybridized carbons (Fsp3) is 0.500. The lowest BCUT2D eigenvalue weighted by Crippen LogP contribution is -2.27. The van der Waals surface area contributed by atoms with Gasteiger partial charge in [-0.05, 0) is 45.0 Å². The number of esters is 1. The molecule has 1 aromatic carbocycles. The van der Waals surface area contributed by atoms with Crippen LogP contribution < -0.4 is 4.74 Å². The van der Waals surface area contributed by atoms with Crippen LogP contribution in [0, 0.1) is 0 Å². The van der Waals surface area contributed by atoms with E-state index in [1.165, 1.54) is 0 Å². The topological polar surface area (TPSA) is 44.8 Å². The van der Waals surface area contributed by atoms with Crippen molar-refractivity contribution in [1.82, 2.24) is 0 Å². The lowest BCUT2D eigenvalue weighted by molar-refractivity contribution is -0.160. The van der Waals surface area contributed by atoms with Crippen molar-refractivity contribution in [2.45, 2.75) is 26.4 Å². The highest BCUT2D eigenvalue weighted by Crippen LogP contribution is 2.15. The van der Waals surface area contributed by atoms with Gasteiger partial charge in [0.25, 0.3) is 0 Å². The summed E-state index contributed by atoms with van der Waals surface area (Å²) in [6, 6.07) is 7.52. The smallest absolute Gasteiger partial charge is 0.332 e. The number of hydrogen-bond acceptors (Lipinski definition) is 4. The quantitative estimate of drug-likeness (QED) is 0.593. The molecule has 0 spiro atoms. The van der Waals surface area contributed by atoms with E-state index in [1.54, 1.807) is 0 Å². The number of halogens is 1. The Morgan fingerprint density at radius 3 is 2.37 bits per heavy atom. The Bertz CT molecular complexity index is 395. The monoisotopic (exact) mass is 330 g/mol. The highest BCUT2D eigenvalue weighted by atomic mass is 79.9. The summed E-state index contributed by atoms with van der Waals surface area (Å²) >= 11 is 3.35. The maximum atomic E-state index is 11.3. The Hall–Kier alpha value is -1.07. The second-order valence-corrected chi connectivity index (χ2v) is 5.86. The van der Waals surface area contributed by atoms with Gasteiger partial charge in [0.15, 0.2) is 0 Å². The van der Waals surface area contributed by atoms with E-state index in [0.29, 0.717) is 13.2 Å². The first-order valence-corrected chi connectivity index (χ1v) is 6.84. The molecular formula is C14H19BrO4. The van der Waals surface area contributed by atoms with Crippen LogP contribution in [0.1, 0.15) is 20.8 Å². The van der Waals surface area contributed by atoms with Crippen molar-refractivity contribution in [3.8, 4) is 5.75 Å². The van der Waals surface area contributed by atoms with E-state index >= 15 is 0 Å². The average molecular weight is 331 g/mol. The lowest BCUT2D eigenvalue weighted by atomic mass is 10.2. The summed E-state index contributed by atoms with van der Waals surface area (Å²) in [4.78, 5) is 11.3. The molecule has 0 saturated carbocycles. The third-order valence-electron chi connectivity index (χ3n) is 1.95. The highest BCUT2D eigenvalue weighted by Gasteiger charge is 2.15. The molecule has 0 bridgehead atoms. The van der Waals surface area contributed by atoms with E-state index in [9.17, 15) is 4.79 Å². The molecule has 0 aliphatic carbocycles. The molecule has 4 nitrogen and oxygen atoms in total. The zero-order valence-corrected chi connectivity index (χ0v) is 13.0. The zero-order valence-electron chi connectivity index (χ0n) is 11.4. The molecule has 0 N–H and O–H groups in total. The van der Waals surface area contributed by atoms with Crippen molar-refractivity contribution in [2.24, 2.45) is 0 Å². The number of carbonyl (C=O) groups excluding carboxylic acids is 1. The molecule has 1 aromatic rings. The summed E-state index contributed by atoms with van der Waals surface area (Å²) in [6.07, 6.45) is 0. The molecule has 0 unspecified atom stereocenters. The Morgan fingerprint density at radius 2 is 1.79 bits per heavy atom. The van der Waals surface area contributed by atoms with Gasteiger partial charge in [0.1, 0.15) is 24.6 Å². The highest BCUT2D eigenvalue weighted by molar-refractivity contribution is 9.10. The summed E-state index contributed by atoms with van der Waals surface area (Å²) in [5.41, 5.74) is -0.478. The molecule has 19 heavy (non-hydrogen) atoms. The molecule has 0 aliphatic heterocycles.